The fourth-order valence-electron chi connectivity index (χ4n) is 3.15. The molecule has 1 aromatic carbocycles. The third kappa shape index (κ3) is 5.23. The second-order valence-corrected chi connectivity index (χ2v) is 6.77. The predicted molar refractivity (Wildman–Crippen MR) is 116 cm³/mol. The minimum Gasteiger partial charge on any atom is -0.494 e. The summed E-state index contributed by atoms with van der Waals surface area (Å²) in [6.45, 7) is 5.77. The summed E-state index contributed by atoms with van der Waals surface area (Å²) in [5, 5.41) is 15.4. The lowest BCUT2D eigenvalue weighted by molar-refractivity contribution is -0.142. The second-order valence-electron chi connectivity index (χ2n) is 6.77. The van der Waals surface area contributed by atoms with E-state index in [2.05, 4.69) is 15.0 Å². The molecular formula is C23H22N4O5. The number of hydrogen-bond donors (Lipinski definition) is 1. The summed E-state index contributed by atoms with van der Waals surface area (Å²) in [4.78, 5) is 24.1. The molecule has 2 aromatic heterocycles. The van der Waals surface area contributed by atoms with Crippen LogP contribution in [0.15, 0.2) is 52.8 Å². The van der Waals surface area contributed by atoms with E-state index in [0.29, 0.717) is 12.2 Å². The highest BCUT2D eigenvalue weighted by Gasteiger charge is 2.16. The van der Waals surface area contributed by atoms with Crippen molar-refractivity contribution >= 4 is 23.8 Å². The Morgan fingerprint density at radius 3 is 2.62 bits per heavy atom. The first-order chi connectivity index (χ1) is 15.4. The van der Waals surface area contributed by atoms with Crippen LogP contribution in [0.4, 0.5) is 5.82 Å². The fraction of sp³-hybridized carbons (Fsp3) is 0.217. The van der Waals surface area contributed by atoms with Gasteiger partial charge in [0.05, 0.1) is 6.61 Å². The summed E-state index contributed by atoms with van der Waals surface area (Å²) in [7, 11) is 0. The molecule has 0 fully saturated rings. The van der Waals surface area contributed by atoms with E-state index < -0.39 is 18.5 Å². The molecule has 0 aliphatic carbocycles. The van der Waals surface area contributed by atoms with Gasteiger partial charge in [-0.05, 0) is 62.7 Å². The first kappa shape index (κ1) is 22.4. The molecule has 0 spiro atoms. The molecule has 3 aromatic rings. The molecule has 9 nitrogen and oxygen atoms in total. The van der Waals surface area contributed by atoms with E-state index >= 15 is 0 Å². The van der Waals surface area contributed by atoms with E-state index in [1.807, 2.05) is 61.7 Å². The maximum absolute atomic E-state index is 12.3. The fourth-order valence-corrected chi connectivity index (χ4v) is 3.15. The van der Waals surface area contributed by atoms with Crippen molar-refractivity contribution in [2.45, 2.75) is 20.8 Å². The second kappa shape index (κ2) is 10.1. The standard InChI is InChI=1S/C23H22N4O5/c1-4-30-20-7-5-19(6-8-20)27-15(2)11-17(16(27)3)12-18(13-24)23(29)31-14-22(28)25-21-9-10-32-26-21/h5-12H,4,14H2,1-3H3,(H,25,26,28)/b18-12+. The van der Waals surface area contributed by atoms with Crippen molar-refractivity contribution in [2.24, 2.45) is 0 Å². The molecule has 164 valence electrons. The lowest BCUT2D eigenvalue weighted by atomic mass is 10.1. The van der Waals surface area contributed by atoms with Gasteiger partial charge in [0.15, 0.2) is 12.4 Å². The highest BCUT2D eigenvalue weighted by atomic mass is 16.5. The van der Waals surface area contributed by atoms with Gasteiger partial charge >= 0.3 is 5.97 Å². The van der Waals surface area contributed by atoms with Crippen molar-refractivity contribution in [3.8, 4) is 17.5 Å². The van der Waals surface area contributed by atoms with Crippen LogP contribution in [-0.2, 0) is 14.3 Å². The van der Waals surface area contributed by atoms with Gasteiger partial charge in [0.25, 0.3) is 5.91 Å². The number of carbonyl (C=O) groups is 2. The topological polar surface area (TPSA) is 119 Å². The normalized spacial score (nSPS) is 11.0. The minimum atomic E-state index is -0.895. The van der Waals surface area contributed by atoms with E-state index in [0.717, 1.165) is 22.8 Å². The van der Waals surface area contributed by atoms with Crippen LogP contribution in [0.25, 0.3) is 11.8 Å². The van der Waals surface area contributed by atoms with Crippen molar-refractivity contribution in [3.63, 3.8) is 0 Å². The average molecular weight is 434 g/mol. The van der Waals surface area contributed by atoms with Crippen LogP contribution in [-0.4, -0.2) is 34.8 Å². The Balaban J connectivity index is 1.74. The number of carbonyl (C=O) groups excluding carboxylic acids is 2. The number of anilines is 1. The molecule has 3 rings (SSSR count). The minimum absolute atomic E-state index is 0.198. The number of nitriles is 1. The third-order valence-electron chi connectivity index (χ3n) is 4.56. The van der Waals surface area contributed by atoms with Gasteiger partial charge in [-0.25, -0.2) is 4.79 Å². The lowest BCUT2D eigenvalue weighted by Crippen LogP contribution is -2.21. The Morgan fingerprint density at radius 1 is 1.25 bits per heavy atom. The summed E-state index contributed by atoms with van der Waals surface area (Å²) in [6.07, 6.45) is 2.74. The Labute approximate surface area is 184 Å². The van der Waals surface area contributed by atoms with E-state index in [1.165, 1.54) is 18.4 Å². The molecule has 2 heterocycles. The van der Waals surface area contributed by atoms with Gasteiger partial charge in [-0.15, -0.1) is 0 Å². The number of aromatic nitrogens is 2. The quantitative estimate of drug-likeness (QED) is 0.327. The molecule has 0 atom stereocenters. The van der Waals surface area contributed by atoms with Gasteiger partial charge < -0.3 is 23.9 Å². The van der Waals surface area contributed by atoms with E-state index in [-0.39, 0.29) is 11.4 Å². The van der Waals surface area contributed by atoms with Gasteiger partial charge in [-0.2, -0.15) is 5.26 Å². The first-order valence-corrected chi connectivity index (χ1v) is 9.84. The van der Waals surface area contributed by atoms with Crippen LogP contribution in [0.3, 0.4) is 0 Å². The van der Waals surface area contributed by atoms with E-state index in [9.17, 15) is 14.9 Å². The van der Waals surface area contributed by atoms with Gasteiger partial charge in [-0.3, -0.25) is 4.79 Å². The van der Waals surface area contributed by atoms with Gasteiger partial charge in [0, 0.05) is 23.1 Å². The van der Waals surface area contributed by atoms with Crippen LogP contribution < -0.4 is 10.1 Å². The summed E-state index contributed by atoms with van der Waals surface area (Å²) >= 11 is 0. The number of rotatable bonds is 8. The number of benzene rings is 1. The summed E-state index contributed by atoms with van der Waals surface area (Å²) in [5.41, 5.74) is 3.17. The number of hydrogen-bond acceptors (Lipinski definition) is 7. The van der Waals surface area contributed by atoms with Crippen molar-refractivity contribution < 1.29 is 23.6 Å². The smallest absolute Gasteiger partial charge is 0.349 e. The molecule has 0 aliphatic heterocycles. The zero-order valence-electron chi connectivity index (χ0n) is 17.9. The molecule has 9 heteroatoms. The highest BCUT2D eigenvalue weighted by molar-refractivity contribution is 6.00. The number of esters is 1. The number of amides is 1. The lowest BCUT2D eigenvalue weighted by Gasteiger charge is -2.11. The molecule has 0 unspecified atom stereocenters. The highest BCUT2D eigenvalue weighted by Crippen LogP contribution is 2.24. The molecule has 1 amide bonds. The molecule has 1 N–H and O–H groups in total. The molecule has 0 aliphatic rings. The van der Waals surface area contributed by atoms with Crippen molar-refractivity contribution in [2.75, 3.05) is 18.5 Å². The molecule has 0 radical (unpaired) electrons. The molecule has 32 heavy (non-hydrogen) atoms. The molecular weight excluding hydrogens is 412 g/mol. The largest absolute Gasteiger partial charge is 0.494 e. The monoisotopic (exact) mass is 434 g/mol. The van der Waals surface area contributed by atoms with Crippen molar-refractivity contribution in [1.82, 2.24) is 9.72 Å². The maximum Gasteiger partial charge on any atom is 0.349 e. The Morgan fingerprint density at radius 2 is 2.00 bits per heavy atom. The summed E-state index contributed by atoms with van der Waals surface area (Å²) in [5.74, 6) is -0.517. The molecule has 0 bridgehead atoms. The predicted octanol–water partition coefficient (Wildman–Crippen LogP) is 3.57. The van der Waals surface area contributed by atoms with Crippen LogP contribution in [0.1, 0.15) is 23.9 Å². The Hall–Kier alpha value is -4.32. The Kier molecular flexibility index (Phi) is 7.08. The molecule has 0 saturated carbocycles. The average Bonchev–Trinajstić information content (AvgIpc) is 3.38. The zero-order chi connectivity index (χ0) is 23.1. The molecule has 0 saturated heterocycles. The zero-order valence-corrected chi connectivity index (χ0v) is 17.9. The number of nitrogens with one attached hydrogen (secondary N) is 1. The van der Waals surface area contributed by atoms with Gasteiger partial charge in [0.1, 0.15) is 23.7 Å². The van der Waals surface area contributed by atoms with Crippen LogP contribution in [0, 0.1) is 25.2 Å². The van der Waals surface area contributed by atoms with Gasteiger partial charge in [-0.1, -0.05) is 5.16 Å². The third-order valence-corrected chi connectivity index (χ3v) is 4.56. The van der Waals surface area contributed by atoms with Crippen molar-refractivity contribution in [1.29, 1.82) is 5.26 Å². The maximum atomic E-state index is 12.3. The van der Waals surface area contributed by atoms with Crippen molar-refractivity contribution in [3.05, 3.63) is 65.2 Å². The van der Waals surface area contributed by atoms with Crippen LogP contribution in [0.2, 0.25) is 0 Å². The Bertz CT molecular complexity index is 1170. The SMILES string of the molecule is CCOc1ccc(-n2c(C)cc(/C=C(\C#N)C(=O)OCC(=O)Nc3ccon3)c2C)cc1. The summed E-state index contributed by atoms with van der Waals surface area (Å²) < 4.78 is 17.0. The number of ether oxygens (including phenoxy) is 2. The van der Waals surface area contributed by atoms with E-state index in [1.54, 1.807) is 0 Å². The number of nitrogens with zero attached hydrogens (tertiary/aromatic N) is 3. The van der Waals surface area contributed by atoms with E-state index in [4.69, 9.17) is 9.47 Å². The van der Waals surface area contributed by atoms with Crippen LogP contribution in [0.5, 0.6) is 5.75 Å². The summed E-state index contributed by atoms with van der Waals surface area (Å²) in [6, 6.07) is 12.8. The first-order valence-electron chi connectivity index (χ1n) is 9.84. The van der Waals surface area contributed by atoms with Crippen LogP contribution >= 0.6 is 0 Å². The van der Waals surface area contributed by atoms with Gasteiger partial charge in [0.2, 0.25) is 0 Å². The number of aryl methyl sites for hydroxylation is 1.